The molecule has 0 radical (unpaired) electrons. The molecule has 1 heterocycles. The number of rotatable bonds is 4. The van der Waals surface area contributed by atoms with Gasteiger partial charge in [-0.2, -0.15) is 0 Å². The highest BCUT2D eigenvalue weighted by atomic mass is 127. The van der Waals surface area contributed by atoms with Crippen LogP contribution >= 0.6 is 24.0 Å². The van der Waals surface area contributed by atoms with E-state index < -0.39 is 0 Å². The number of benzene rings is 1. The molecule has 0 saturated carbocycles. The van der Waals surface area contributed by atoms with E-state index in [9.17, 15) is 4.79 Å². The van der Waals surface area contributed by atoms with Crippen molar-refractivity contribution < 1.29 is 9.53 Å². The number of carbonyl (C=O) groups excluding carboxylic acids is 1. The van der Waals surface area contributed by atoms with Gasteiger partial charge in [-0.15, -0.1) is 24.0 Å². The zero-order chi connectivity index (χ0) is 18.2. The van der Waals surface area contributed by atoms with E-state index in [0.29, 0.717) is 25.7 Å². The number of guanidine groups is 1. The number of halogens is 1. The molecule has 26 heavy (non-hydrogen) atoms. The summed E-state index contributed by atoms with van der Waals surface area (Å²) in [6.45, 7) is 8.66. The molecular weight excluding hydrogens is 443 g/mol. The summed E-state index contributed by atoms with van der Waals surface area (Å²) in [5.41, 5.74) is 3.83. The van der Waals surface area contributed by atoms with Crippen molar-refractivity contribution in [2.75, 3.05) is 26.7 Å². The molecule has 2 N–H and O–H groups in total. The lowest BCUT2D eigenvalue weighted by Crippen LogP contribution is -2.49. The van der Waals surface area contributed by atoms with Crippen LogP contribution in [-0.4, -0.2) is 49.7 Å². The molecular formula is C19H31IN4O2. The predicted molar refractivity (Wildman–Crippen MR) is 116 cm³/mol. The fraction of sp³-hybridized carbons (Fsp3) is 0.579. The Labute approximate surface area is 173 Å². The minimum atomic E-state index is -0.210. The van der Waals surface area contributed by atoms with Crippen LogP contribution in [0.4, 0.5) is 4.79 Å². The molecule has 6 nitrogen and oxygen atoms in total. The Morgan fingerprint density at radius 1 is 1.31 bits per heavy atom. The Hall–Kier alpha value is -1.51. The second-order valence-electron chi connectivity index (χ2n) is 6.46. The Bertz CT molecular complexity index is 614. The van der Waals surface area contributed by atoms with Crippen LogP contribution in [-0.2, 0) is 11.3 Å². The largest absolute Gasteiger partial charge is 0.450 e. The van der Waals surface area contributed by atoms with Gasteiger partial charge in [0, 0.05) is 32.7 Å². The maximum atomic E-state index is 11.7. The van der Waals surface area contributed by atoms with E-state index in [1.54, 1.807) is 11.9 Å². The highest BCUT2D eigenvalue weighted by molar-refractivity contribution is 14.0. The van der Waals surface area contributed by atoms with Crippen LogP contribution in [0.3, 0.4) is 0 Å². The molecule has 0 aromatic heterocycles. The van der Waals surface area contributed by atoms with E-state index in [-0.39, 0.29) is 30.1 Å². The van der Waals surface area contributed by atoms with Crippen molar-refractivity contribution in [3.8, 4) is 0 Å². The summed E-state index contributed by atoms with van der Waals surface area (Å²) >= 11 is 0. The summed E-state index contributed by atoms with van der Waals surface area (Å²) in [5.74, 6) is 0.801. The van der Waals surface area contributed by atoms with Crippen molar-refractivity contribution in [1.82, 2.24) is 15.5 Å². The number of hydrogen-bond donors (Lipinski definition) is 2. The first kappa shape index (κ1) is 22.5. The molecule has 146 valence electrons. The minimum absolute atomic E-state index is 0. The van der Waals surface area contributed by atoms with Crippen molar-refractivity contribution in [2.24, 2.45) is 4.99 Å². The number of aliphatic imine (C=N–C) groups is 1. The number of nitrogens with zero attached hydrogens (tertiary/aromatic N) is 2. The normalized spacial score (nSPS) is 15.2. The summed E-state index contributed by atoms with van der Waals surface area (Å²) < 4.78 is 5.06. The van der Waals surface area contributed by atoms with Crippen molar-refractivity contribution in [2.45, 2.75) is 46.2 Å². The summed E-state index contributed by atoms with van der Waals surface area (Å²) in [6, 6.07) is 6.79. The van der Waals surface area contributed by atoms with E-state index in [4.69, 9.17) is 4.74 Å². The summed E-state index contributed by atoms with van der Waals surface area (Å²) in [5, 5.41) is 6.84. The van der Waals surface area contributed by atoms with Gasteiger partial charge in [0.15, 0.2) is 5.96 Å². The minimum Gasteiger partial charge on any atom is -0.450 e. The fourth-order valence-electron chi connectivity index (χ4n) is 3.03. The number of aryl methyl sites for hydroxylation is 2. The SMILES string of the molecule is CCOC(=O)N1CCC(NC(=NC)NCc2ccc(C)cc2C)CC1.I. The zero-order valence-corrected chi connectivity index (χ0v) is 18.5. The van der Waals surface area contributed by atoms with Crippen LogP contribution in [0.15, 0.2) is 23.2 Å². The highest BCUT2D eigenvalue weighted by Crippen LogP contribution is 2.12. The first-order chi connectivity index (χ1) is 12.0. The molecule has 1 aliphatic heterocycles. The molecule has 7 heteroatoms. The third-order valence-corrected chi connectivity index (χ3v) is 4.53. The molecule has 1 amide bonds. The average Bonchev–Trinajstić information content (AvgIpc) is 2.60. The first-order valence-electron chi connectivity index (χ1n) is 8.98. The quantitative estimate of drug-likeness (QED) is 0.400. The monoisotopic (exact) mass is 474 g/mol. The number of carbonyl (C=O) groups is 1. The molecule has 0 atom stereocenters. The number of nitrogens with one attached hydrogen (secondary N) is 2. The van der Waals surface area contributed by atoms with E-state index in [0.717, 1.165) is 25.3 Å². The molecule has 1 aromatic carbocycles. The standard InChI is InChI=1S/C19H30N4O2.HI/c1-5-25-19(24)23-10-8-17(9-11-23)22-18(20-4)21-13-16-7-6-14(2)12-15(16)3;/h6-7,12,17H,5,8-11,13H2,1-4H3,(H2,20,21,22);1H. The molecule has 1 saturated heterocycles. The van der Waals surface area contributed by atoms with Gasteiger partial charge in [-0.3, -0.25) is 4.99 Å². The van der Waals surface area contributed by atoms with Gasteiger partial charge in [-0.25, -0.2) is 4.79 Å². The Balaban J connectivity index is 0.00000338. The van der Waals surface area contributed by atoms with Crippen molar-refractivity contribution in [3.05, 3.63) is 34.9 Å². The van der Waals surface area contributed by atoms with Gasteiger partial charge in [0.05, 0.1) is 6.61 Å². The molecule has 2 rings (SSSR count). The van der Waals surface area contributed by atoms with Gasteiger partial charge < -0.3 is 20.3 Å². The van der Waals surface area contributed by atoms with Gasteiger partial charge in [0.2, 0.25) is 0 Å². The average molecular weight is 474 g/mol. The molecule has 1 aliphatic rings. The molecule has 0 spiro atoms. The summed E-state index contributed by atoms with van der Waals surface area (Å²) in [7, 11) is 1.78. The summed E-state index contributed by atoms with van der Waals surface area (Å²) in [6.07, 6.45) is 1.57. The predicted octanol–water partition coefficient (Wildman–Crippen LogP) is 3.21. The topological polar surface area (TPSA) is 66.0 Å². The van der Waals surface area contributed by atoms with Crippen LogP contribution < -0.4 is 10.6 Å². The smallest absolute Gasteiger partial charge is 0.409 e. The van der Waals surface area contributed by atoms with E-state index in [1.165, 1.54) is 16.7 Å². The van der Waals surface area contributed by atoms with Crippen LogP contribution in [0.2, 0.25) is 0 Å². The van der Waals surface area contributed by atoms with E-state index in [1.807, 2.05) is 6.92 Å². The third-order valence-electron chi connectivity index (χ3n) is 4.53. The third kappa shape index (κ3) is 6.66. The van der Waals surface area contributed by atoms with Crippen LogP contribution in [0.1, 0.15) is 36.5 Å². The lowest BCUT2D eigenvalue weighted by molar-refractivity contribution is 0.0963. The molecule has 0 unspecified atom stereocenters. The zero-order valence-electron chi connectivity index (χ0n) is 16.2. The molecule has 1 aromatic rings. The number of likely N-dealkylation sites (tertiary alicyclic amines) is 1. The van der Waals surface area contributed by atoms with Crippen LogP contribution in [0.5, 0.6) is 0 Å². The lowest BCUT2D eigenvalue weighted by atomic mass is 10.1. The lowest BCUT2D eigenvalue weighted by Gasteiger charge is -2.32. The van der Waals surface area contributed by atoms with E-state index in [2.05, 4.69) is 47.7 Å². The Morgan fingerprint density at radius 2 is 2.00 bits per heavy atom. The van der Waals surface area contributed by atoms with Crippen molar-refractivity contribution in [3.63, 3.8) is 0 Å². The number of ether oxygens (including phenoxy) is 1. The number of hydrogen-bond acceptors (Lipinski definition) is 3. The Morgan fingerprint density at radius 3 is 2.58 bits per heavy atom. The highest BCUT2D eigenvalue weighted by Gasteiger charge is 2.24. The number of piperidine rings is 1. The van der Waals surface area contributed by atoms with Gasteiger partial charge in [-0.1, -0.05) is 23.8 Å². The maximum absolute atomic E-state index is 11.7. The number of amides is 1. The van der Waals surface area contributed by atoms with Crippen molar-refractivity contribution >= 4 is 36.0 Å². The molecule has 0 bridgehead atoms. The van der Waals surface area contributed by atoms with Gasteiger partial charge in [0.1, 0.15) is 0 Å². The van der Waals surface area contributed by atoms with Gasteiger partial charge in [-0.05, 0) is 44.7 Å². The second kappa shape index (κ2) is 11.3. The van der Waals surface area contributed by atoms with Crippen molar-refractivity contribution in [1.29, 1.82) is 0 Å². The molecule has 1 fully saturated rings. The van der Waals surface area contributed by atoms with Gasteiger partial charge in [0.25, 0.3) is 0 Å². The Kier molecular flexibility index (Phi) is 9.75. The molecule has 0 aliphatic carbocycles. The maximum Gasteiger partial charge on any atom is 0.409 e. The van der Waals surface area contributed by atoms with Gasteiger partial charge >= 0.3 is 6.09 Å². The first-order valence-corrected chi connectivity index (χ1v) is 8.98. The van der Waals surface area contributed by atoms with Crippen LogP contribution in [0.25, 0.3) is 0 Å². The second-order valence-corrected chi connectivity index (χ2v) is 6.46. The fourth-order valence-corrected chi connectivity index (χ4v) is 3.03. The summed E-state index contributed by atoms with van der Waals surface area (Å²) in [4.78, 5) is 17.8. The van der Waals surface area contributed by atoms with Crippen LogP contribution in [0, 0.1) is 13.8 Å². The van der Waals surface area contributed by atoms with E-state index >= 15 is 0 Å².